The quantitative estimate of drug-likeness (QED) is 0.876. The van der Waals surface area contributed by atoms with Gasteiger partial charge in [-0.05, 0) is 17.7 Å². The number of anilines is 1. The molecule has 5 heteroatoms. The molecule has 0 saturated heterocycles. The lowest BCUT2D eigenvalue weighted by molar-refractivity contribution is 0.282. The highest BCUT2D eigenvalue weighted by Gasteiger charge is 2.03. The van der Waals surface area contributed by atoms with E-state index in [9.17, 15) is 0 Å². The normalized spacial score (nSPS) is 10.5. The standard InChI is InChI=1S/C12H14ClN3O/c1-16-5-4-14-12(16)7-15-11-6-9(8-17)2-3-10(11)13/h2-6,15,17H,7-8H2,1H3. The van der Waals surface area contributed by atoms with Crippen molar-refractivity contribution in [2.45, 2.75) is 13.2 Å². The highest BCUT2D eigenvalue weighted by atomic mass is 35.5. The van der Waals surface area contributed by atoms with E-state index in [4.69, 9.17) is 16.7 Å². The number of aliphatic hydroxyl groups is 1. The fourth-order valence-electron chi connectivity index (χ4n) is 1.55. The maximum absolute atomic E-state index is 9.06. The Morgan fingerprint density at radius 1 is 1.47 bits per heavy atom. The maximum atomic E-state index is 9.06. The molecule has 0 radical (unpaired) electrons. The van der Waals surface area contributed by atoms with Gasteiger partial charge in [-0.15, -0.1) is 0 Å². The van der Waals surface area contributed by atoms with Gasteiger partial charge in [-0.2, -0.15) is 0 Å². The van der Waals surface area contributed by atoms with Crippen molar-refractivity contribution in [1.82, 2.24) is 9.55 Å². The number of aryl methyl sites for hydroxylation is 1. The lowest BCUT2D eigenvalue weighted by Crippen LogP contribution is -2.06. The fraction of sp³-hybridized carbons (Fsp3) is 0.250. The van der Waals surface area contributed by atoms with E-state index in [1.165, 1.54) is 0 Å². The minimum absolute atomic E-state index is 0.00819. The first kappa shape index (κ1) is 12.0. The molecule has 0 aliphatic rings. The third-order valence-electron chi connectivity index (χ3n) is 2.57. The highest BCUT2D eigenvalue weighted by molar-refractivity contribution is 6.33. The largest absolute Gasteiger partial charge is 0.392 e. The SMILES string of the molecule is Cn1ccnc1CNc1cc(CO)ccc1Cl. The topological polar surface area (TPSA) is 50.1 Å². The summed E-state index contributed by atoms with van der Waals surface area (Å²) >= 11 is 6.06. The molecule has 0 bridgehead atoms. The van der Waals surface area contributed by atoms with Crippen LogP contribution in [0, 0.1) is 0 Å². The number of hydrogen-bond donors (Lipinski definition) is 2. The summed E-state index contributed by atoms with van der Waals surface area (Å²) in [5, 5.41) is 12.9. The molecule has 2 aromatic rings. The molecule has 1 heterocycles. The van der Waals surface area contributed by atoms with Crippen molar-refractivity contribution in [2.24, 2.45) is 7.05 Å². The van der Waals surface area contributed by atoms with Crippen LogP contribution in [-0.4, -0.2) is 14.7 Å². The molecule has 2 rings (SSSR count). The van der Waals surface area contributed by atoms with Crippen LogP contribution >= 0.6 is 11.6 Å². The van der Waals surface area contributed by atoms with Crippen molar-refractivity contribution in [3.05, 3.63) is 47.0 Å². The molecule has 0 spiro atoms. The smallest absolute Gasteiger partial charge is 0.127 e. The molecule has 4 nitrogen and oxygen atoms in total. The predicted octanol–water partition coefficient (Wildman–Crippen LogP) is 2.18. The van der Waals surface area contributed by atoms with Gasteiger partial charge < -0.3 is 15.0 Å². The Morgan fingerprint density at radius 2 is 2.29 bits per heavy atom. The molecule has 90 valence electrons. The van der Waals surface area contributed by atoms with E-state index in [2.05, 4.69) is 10.3 Å². The van der Waals surface area contributed by atoms with Crippen molar-refractivity contribution in [3.63, 3.8) is 0 Å². The van der Waals surface area contributed by atoms with Crippen molar-refractivity contribution in [1.29, 1.82) is 0 Å². The van der Waals surface area contributed by atoms with Crippen molar-refractivity contribution < 1.29 is 5.11 Å². The number of nitrogens with one attached hydrogen (secondary N) is 1. The minimum Gasteiger partial charge on any atom is -0.392 e. The van der Waals surface area contributed by atoms with Crippen LogP contribution in [0.15, 0.2) is 30.6 Å². The zero-order chi connectivity index (χ0) is 12.3. The first-order chi connectivity index (χ1) is 8.20. The van der Waals surface area contributed by atoms with Crippen LogP contribution in [0.25, 0.3) is 0 Å². The summed E-state index contributed by atoms with van der Waals surface area (Å²) in [6, 6.07) is 5.41. The lowest BCUT2D eigenvalue weighted by atomic mass is 10.2. The summed E-state index contributed by atoms with van der Waals surface area (Å²) in [4.78, 5) is 4.21. The molecule has 1 aromatic heterocycles. The van der Waals surface area contributed by atoms with Gasteiger partial charge >= 0.3 is 0 Å². The van der Waals surface area contributed by atoms with Gasteiger partial charge in [0.05, 0.1) is 23.9 Å². The van der Waals surface area contributed by atoms with Gasteiger partial charge in [-0.1, -0.05) is 17.7 Å². The summed E-state index contributed by atoms with van der Waals surface area (Å²) < 4.78 is 1.94. The second-order valence-electron chi connectivity index (χ2n) is 3.78. The summed E-state index contributed by atoms with van der Waals surface area (Å²) in [7, 11) is 1.94. The second kappa shape index (κ2) is 5.21. The van der Waals surface area contributed by atoms with Crippen molar-refractivity contribution in [3.8, 4) is 0 Å². The average Bonchev–Trinajstić information content (AvgIpc) is 2.74. The van der Waals surface area contributed by atoms with Gasteiger partial charge in [0.15, 0.2) is 0 Å². The number of aromatic nitrogens is 2. The van der Waals surface area contributed by atoms with Gasteiger partial charge in [0, 0.05) is 19.4 Å². The van der Waals surface area contributed by atoms with Crippen molar-refractivity contribution >= 4 is 17.3 Å². The van der Waals surface area contributed by atoms with Crippen LogP contribution in [0.5, 0.6) is 0 Å². The van der Waals surface area contributed by atoms with Crippen LogP contribution in [-0.2, 0) is 20.2 Å². The third-order valence-corrected chi connectivity index (χ3v) is 2.90. The number of imidazole rings is 1. The van der Waals surface area contributed by atoms with Crippen LogP contribution < -0.4 is 5.32 Å². The molecule has 0 aliphatic carbocycles. The van der Waals surface area contributed by atoms with Gasteiger partial charge in [-0.25, -0.2) is 4.98 Å². The van der Waals surface area contributed by atoms with E-state index in [0.29, 0.717) is 11.6 Å². The first-order valence-electron chi connectivity index (χ1n) is 5.30. The summed E-state index contributed by atoms with van der Waals surface area (Å²) in [6.07, 6.45) is 3.64. The summed E-state index contributed by atoms with van der Waals surface area (Å²) in [5.41, 5.74) is 1.64. The molecule has 0 aliphatic heterocycles. The van der Waals surface area contributed by atoms with Crippen LogP contribution in [0.2, 0.25) is 5.02 Å². The molecule has 0 unspecified atom stereocenters. The van der Waals surface area contributed by atoms with Gasteiger partial charge in [0.2, 0.25) is 0 Å². The van der Waals surface area contributed by atoms with Gasteiger partial charge in [0.25, 0.3) is 0 Å². The van der Waals surface area contributed by atoms with Gasteiger partial charge in [0.1, 0.15) is 5.82 Å². The Labute approximate surface area is 105 Å². The summed E-state index contributed by atoms with van der Waals surface area (Å²) in [5.74, 6) is 0.926. The molecule has 0 fully saturated rings. The monoisotopic (exact) mass is 251 g/mol. The predicted molar refractivity (Wildman–Crippen MR) is 67.9 cm³/mol. The Morgan fingerprint density at radius 3 is 2.94 bits per heavy atom. The number of rotatable bonds is 4. The maximum Gasteiger partial charge on any atom is 0.127 e. The van der Waals surface area contributed by atoms with Gasteiger partial charge in [-0.3, -0.25) is 0 Å². The Balaban J connectivity index is 2.11. The van der Waals surface area contributed by atoms with E-state index >= 15 is 0 Å². The molecular weight excluding hydrogens is 238 g/mol. The van der Waals surface area contributed by atoms with E-state index < -0.39 is 0 Å². The number of nitrogens with zero attached hydrogens (tertiary/aromatic N) is 2. The average molecular weight is 252 g/mol. The first-order valence-corrected chi connectivity index (χ1v) is 5.68. The molecule has 0 saturated carbocycles. The van der Waals surface area contributed by atoms with Crippen LogP contribution in [0.4, 0.5) is 5.69 Å². The molecule has 2 N–H and O–H groups in total. The lowest BCUT2D eigenvalue weighted by Gasteiger charge is -2.09. The van der Waals surface area contributed by atoms with Crippen LogP contribution in [0.1, 0.15) is 11.4 Å². The zero-order valence-corrected chi connectivity index (χ0v) is 10.3. The van der Waals surface area contributed by atoms with E-state index in [-0.39, 0.29) is 6.61 Å². The highest BCUT2D eigenvalue weighted by Crippen LogP contribution is 2.23. The molecular formula is C12H14ClN3O. The molecule has 17 heavy (non-hydrogen) atoms. The Bertz CT molecular complexity index is 510. The minimum atomic E-state index is 0.00819. The van der Waals surface area contributed by atoms with Crippen molar-refractivity contribution in [2.75, 3.05) is 5.32 Å². The number of aliphatic hydroxyl groups excluding tert-OH is 1. The third kappa shape index (κ3) is 2.78. The Kier molecular flexibility index (Phi) is 3.66. The number of halogens is 1. The zero-order valence-electron chi connectivity index (χ0n) is 9.52. The molecule has 0 atom stereocenters. The van der Waals surface area contributed by atoms with E-state index in [1.807, 2.05) is 23.9 Å². The summed E-state index contributed by atoms with van der Waals surface area (Å²) in [6.45, 7) is 0.604. The van der Waals surface area contributed by atoms with E-state index in [1.54, 1.807) is 18.3 Å². The number of hydrogen-bond acceptors (Lipinski definition) is 3. The van der Waals surface area contributed by atoms with Crippen LogP contribution in [0.3, 0.4) is 0 Å². The fourth-order valence-corrected chi connectivity index (χ4v) is 1.73. The second-order valence-corrected chi connectivity index (χ2v) is 4.19. The number of benzene rings is 1. The molecule has 0 amide bonds. The Hall–Kier alpha value is -1.52. The molecule has 1 aromatic carbocycles. The van der Waals surface area contributed by atoms with E-state index in [0.717, 1.165) is 17.1 Å².